The molecule has 39 heavy (non-hydrogen) atoms. The molecule has 0 fully saturated rings. The largest absolute Gasteiger partial charge is 0.478 e. The summed E-state index contributed by atoms with van der Waals surface area (Å²) in [5, 5.41) is 19.4. The fourth-order valence-electron chi connectivity index (χ4n) is 3.58. The first-order valence-corrected chi connectivity index (χ1v) is 12.8. The van der Waals surface area contributed by atoms with Crippen LogP contribution in [0.4, 0.5) is 0 Å². The summed E-state index contributed by atoms with van der Waals surface area (Å²) in [5.41, 5.74) is 1.79. The number of hydrogen-bond donors (Lipinski definition) is 2. The molecule has 0 radical (unpaired) electrons. The summed E-state index contributed by atoms with van der Waals surface area (Å²) in [6.45, 7) is 11.0. The molecule has 208 valence electrons. The number of rotatable bonds is 14. The molecule has 2 aromatic carbocycles. The van der Waals surface area contributed by atoms with Crippen LogP contribution < -0.4 is 0 Å². The quantitative estimate of drug-likeness (QED) is 0.273. The van der Waals surface area contributed by atoms with Gasteiger partial charge in [-0.2, -0.15) is 0 Å². The van der Waals surface area contributed by atoms with Crippen molar-refractivity contribution in [1.82, 2.24) is 0 Å². The highest BCUT2D eigenvalue weighted by molar-refractivity contribution is 5.89. The van der Waals surface area contributed by atoms with Crippen LogP contribution in [-0.2, 0) is 24.4 Å². The fraction of sp³-hybridized carbons (Fsp3) is 0.419. The Balaban J connectivity index is 2.35. The molecule has 0 saturated carbocycles. The van der Waals surface area contributed by atoms with Crippen LogP contribution in [0.2, 0.25) is 0 Å². The maximum Gasteiger partial charge on any atom is 0.335 e. The molecule has 2 aromatic rings. The van der Waals surface area contributed by atoms with Crippen LogP contribution in [0.3, 0.4) is 0 Å². The van der Waals surface area contributed by atoms with E-state index in [1.54, 1.807) is 12.1 Å². The van der Waals surface area contributed by atoms with E-state index in [-0.39, 0.29) is 24.3 Å². The minimum absolute atomic E-state index is 0.0840. The summed E-state index contributed by atoms with van der Waals surface area (Å²) in [6.07, 6.45) is 0. The predicted molar refractivity (Wildman–Crippen MR) is 147 cm³/mol. The fourth-order valence-corrected chi connectivity index (χ4v) is 3.58. The SMILES string of the molecule is CCOCCOCC#Cc1cc(C(=O)O)cc(C(C)(C)c2cc(C#CCOCCOCC)cc(C(=O)O)c2)c1. The third kappa shape index (κ3) is 10.6. The van der Waals surface area contributed by atoms with Crippen molar-refractivity contribution in [3.8, 4) is 23.7 Å². The summed E-state index contributed by atoms with van der Waals surface area (Å²) < 4.78 is 21.3. The van der Waals surface area contributed by atoms with Crippen LogP contribution in [-0.4, -0.2) is 75.0 Å². The lowest BCUT2D eigenvalue weighted by Crippen LogP contribution is -2.21. The van der Waals surface area contributed by atoms with Gasteiger partial charge >= 0.3 is 11.9 Å². The summed E-state index contributed by atoms with van der Waals surface area (Å²) >= 11 is 0. The van der Waals surface area contributed by atoms with E-state index in [1.807, 2.05) is 39.8 Å². The van der Waals surface area contributed by atoms with Gasteiger partial charge in [0.1, 0.15) is 13.2 Å². The van der Waals surface area contributed by atoms with Crippen LogP contribution in [0.5, 0.6) is 0 Å². The van der Waals surface area contributed by atoms with Gasteiger partial charge in [0.05, 0.1) is 37.6 Å². The number of aromatic carboxylic acids is 2. The number of carbonyl (C=O) groups is 2. The zero-order valence-corrected chi connectivity index (χ0v) is 23.0. The molecule has 0 bridgehead atoms. The van der Waals surface area contributed by atoms with Gasteiger partial charge in [-0.05, 0) is 61.4 Å². The number of benzene rings is 2. The molecule has 0 unspecified atom stereocenters. The lowest BCUT2D eigenvalue weighted by Gasteiger charge is -2.27. The van der Waals surface area contributed by atoms with E-state index in [1.165, 1.54) is 12.1 Å². The van der Waals surface area contributed by atoms with Crippen molar-refractivity contribution in [2.24, 2.45) is 0 Å². The monoisotopic (exact) mass is 536 g/mol. The average molecular weight is 537 g/mol. The molecule has 0 aliphatic heterocycles. The molecular formula is C31H36O8. The summed E-state index contributed by atoms with van der Waals surface area (Å²) in [7, 11) is 0. The van der Waals surface area contributed by atoms with E-state index in [9.17, 15) is 19.8 Å². The van der Waals surface area contributed by atoms with Crippen LogP contribution in [0.15, 0.2) is 36.4 Å². The smallest absolute Gasteiger partial charge is 0.335 e. The summed E-state index contributed by atoms with van der Waals surface area (Å²) in [4.78, 5) is 23.7. The van der Waals surface area contributed by atoms with Gasteiger partial charge in [0, 0.05) is 29.8 Å². The van der Waals surface area contributed by atoms with Crippen molar-refractivity contribution in [3.63, 3.8) is 0 Å². The Hall–Kier alpha value is -3.66. The number of carboxylic acid groups (broad SMARTS) is 2. The molecular weight excluding hydrogens is 500 g/mol. The predicted octanol–water partition coefficient (Wildman–Crippen LogP) is 4.22. The van der Waals surface area contributed by atoms with Gasteiger partial charge in [0.15, 0.2) is 0 Å². The topological polar surface area (TPSA) is 112 Å². The van der Waals surface area contributed by atoms with Crippen LogP contribution in [0.1, 0.15) is 70.7 Å². The van der Waals surface area contributed by atoms with Gasteiger partial charge in [-0.25, -0.2) is 9.59 Å². The first-order chi connectivity index (χ1) is 18.7. The Bertz CT molecular complexity index is 1150. The molecule has 0 amide bonds. The second kappa shape index (κ2) is 16.3. The molecule has 8 nitrogen and oxygen atoms in total. The molecule has 0 aromatic heterocycles. The summed E-state index contributed by atoms with van der Waals surface area (Å²) in [5.74, 6) is 9.58. The maximum absolute atomic E-state index is 11.9. The lowest BCUT2D eigenvalue weighted by atomic mass is 9.76. The number of hydrogen-bond acceptors (Lipinski definition) is 6. The molecule has 0 atom stereocenters. The molecule has 8 heteroatoms. The molecule has 0 aliphatic rings. The average Bonchev–Trinajstić information content (AvgIpc) is 2.91. The molecule has 0 saturated heterocycles. The zero-order valence-electron chi connectivity index (χ0n) is 23.0. The minimum atomic E-state index is -1.08. The second-order valence-electron chi connectivity index (χ2n) is 8.94. The van der Waals surface area contributed by atoms with Gasteiger partial charge in [-0.1, -0.05) is 37.5 Å². The number of ether oxygens (including phenoxy) is 4. The molecule has 0 spiro atoms. The van der Waals surface area contributed by atoms with E-state index in [0.717, 1.165) is 0 Å². The molecule has 0 aliphatic carbocycles. The normalized spacial score (nSPS) is 10.8. The third-order valence-electron chi connectivity index (χ3n) is 5.77. The van der Waals surface area contributed by atoms with Gasteiger partial charge in [-0.3, -0.25) is 0 Å². The van der Waals surface area contributed by atoms with Gasteiger partial charge in [0.25, 0.3) is 0 Å². The third-order valence-corrected chi connectivity index (χ3v) is 5.77. The van der Waals surface area contributed by atoms with Crippen molar-refractivity contribution in [3.05, 3.63) is 69.8 Å². The van der Waals surface area contributed by atoms with Crippen LogP contribution in [0, 0.1) is 23.7 Å². The van der Waals surface area contributed by atoms with Crippen molar-refractivity contribution in [1.29, 1.82) is 0 Å². The second-order valence-corrected chi connectivity index (χ2v) is 8.94. The zero-order chi connectivity index (χ0) is 28.7. The minimum Gasteiger partial charge on any atom is -0.478 e. The van der Waals surface area contributed by atoms with Crippen molar-refractivity contribution in [2.45, 2.75) is 33.1 Å². The highest BCUT2D eigenvalue weighted by Crippen LogP contribution is 2.34. The van der Waals surface area contributed by atoms with Crippen molar-refractivity contribution < 1.29 is 38.7 Å². The van der Waals surface area contributed by atoms with Gasteiger partial charge in [0.2, 0.25) is 0 Å². The van der Waals surface area contributed by atoms with E-state index in [4.69, 9.17) is 18.9 Å². The van der Waals surface area contributed by atoms with E-state index < -0.39 is 17.4 Å². The highest BCUT2D eigenvalue weighted by atomic mass is 16.5. The Labute approximate surface area is 230 Å². The summed E-state index contributed by atoms with van der Waals surface area (Å²) in [6, 6.07) is 9.79. The Kier molecular flexibility index (Phi) is 13.2. The van der Waals surface area contributed by atoms with E-state index >= 15 is 0 Å². The Morgan fingerprint density at radius 1 is 0.667 bits per heavy atom. The Morgan fingerprint density at radius 2 is 1.05 bits per heavy atom. The standard InChI is InChI=1S/C31H36O8/c1-5-36-13-15-38-11-7-9-23-17-25(29(32)33)21-27(19-23)31(3,4)28-20-24(18-26(22-28)30(34)35)10-8-12-39-16-14-37-6-2/h17-22H,5-6,11-16H2,1-4H3,(H,32,33)(H,34,35). The van der Waals surface area contributed by atoms with Crippen molar-refractivity contribution >= 4 is 11.9 Å². The lowest BCUT2D eigenvalue weighted by molar-refractivity contribution is 0.0662. The molecule has 2 N–H and O–H groups in total. The Morgan fingerprint density at radius 3 is 1.41 bits per heavy atom. The molecule has 2 rings (SSSR count). The first kappa shape index (κ1) is 31.6. The van der Waals surface area contributed by atoms with Gasteiger partial charge < -0.3 is 29.2 Å². The molecule has 0 heterocycles. The highest BCUT2D eigenvalue weighted by Gasteiger charge is 2.26. The van der Waals surface area contributed by atoms with E-state index in [0.29, 0.717) is 61.9 Å². The van der Waals surface area contributed by atoms with Gasteiger partial charge in [-0.15, -0.1) is 0 Å². The van der Waals surface area contributed by atoms with E-state index in [2.05, 4.69) is 23.7 Å². The van der Waals surface area contributed by atoms with Crippen LogP contribution in [0.25, 0.3) is 0 Å². The first-order valence-electron chi connectivity index (χ1n) is 12.8. The van der Waals surface area contributed by atoms with Crippen molar-refractivity contribution in [2.75, 3.05) is 52.9 Å². The number of carboxylic acids is 2. The maximum atomic E-state index is 11.9. The van der Waals surface area contributed by atoms with Crippen LogP contribution >= 0.6 is 0 Å².